The smallest absolute Gasteiger partial charge is 0.0110 e. The number of nitrogens with zero attached hydrogens (tertiary/aromatic N) is 1. The van der Waals surface area contributed by atoms with Crippen LogP contribution >= 0.6 is 22.6 Å². The van der Waals surface area contributed by atoms with Crippen LogP contribution in [0.4, 0.5) is 0 Å². The van der Waals surface area contributed by atoms with Gasteiger partial charge in [0.2, 0.25) is 0 Å². The lowest BCUT2D eigenvalue weighted by molar-refractivity contribution is 0.202. The Morgan fingerprint density at radius 3 is 2.42 bits per heavy atom. The maximum atomic E-state index is 2.62. The predicted octanol–water partition coefficient (Wildman–Crippen LogP) is 2.69. The molecule has 0 unspecified atom stereocenters. The Kier molecular flexibility index (Phi) is 2.66. The summed E-state index contributed by atoms with van der Waals surface area (Å²) in [6.45, 7) is 2.71. The Bertz CT molecular complexity index is 161. The summed E-state index contributed by atoms with van der Waals surface area (Å²) in [7, 11) is 2.27. The standard InChI is InChI=1S/C10H18IN/c1-12-7-6-10(8-12)4-2-9(11)3-5-10/h9H,2-8H2,1H3. The lowest BCUT2D eigenvalue weighted by Gasteiger charge is -2.35. The molecule has 1 aliphatic carbocycles. The Labute approximate surface area is 89.0 Å². The fourth-order valence-corrected chi connectivity index (χ4v) is 3.38. The fraction of sp³-hybridized carbons (Fsp3) is 1.00. The minimum absolute atomic E-state index is 0.746. The zero-order chi connectivity index (χ0) is 8.60. The molecule has 1 heterocycles. The van der Waals surface area contributed by atoms with Crippen LogP contribution in [-0.4, -0.2) is 29.0 Å². The maximum Gasteiger partial charge on any atom is 0.0110 e. The highest BCUT2D eigenvalue weighted by Crippen LogP contribution is 2.44. The maximum absolute atomic E-state index is 2.62. The average Bonchev–Trinajstić information content (AvgIpc) is 2.40. The first-order valence-corrected chi connectivity index (χ1v) is 6.27. The first-order valence-electron chi connectivity index (χ1n) is 5.03. The van der Waals surface area contributed by atoms with Gasteiger partial charge in [-0.25, -0.2) is 0 Å². The van der Waals surface area contributed by atoms with Crippen molar-refractivity contribution < 1.29 is 0 Å². The number of likely N-dealkylation sites (tertiary alicyclic amines) is 1. The second-order valence-corrected chi connectivity index (χ2v) is 6.42. The van der Waals surface area contributed by atoms with Gasteiger partial charge in [-0.2, -0.15) is 0 Å². The van der Waals surface area contributed by atoms with Crippen molar-refractivity contribution in [2.75, 3.05) is 20.1 Å². The van der Waals surface area contributed by atoms with Gasteiger partial charge in [0.1, 0.15) is 0 Å². The largest absolute Gasteiger partial charge is 0.306 e. The second kappa shape index (κ2) is 3.45. The average molecular weight is 279 g/mol. The van der Waals surface area contributed by atoms with Crippen LogP contribution in [0.1, 0.15) is 32.1 Å². The normalized spacial score (nSPS) is 44.0. The van der Waals surface area contributed by atoms with Crippen molar-refractivity contribution in [3.05, 3.63) is 0 Å². The molecular formula is C10H18IN. The summed E-state index contributed by atoms with van der Waals surface area (Å²) in [4.78, 5) is 2.51. The fourth-order valence-electron chi connectivity index (χ4n) is 2.76. The van der Waals surface area contributed by atoms with Gasteiger partial charge in [0.15, 0.2) is 0 Å². The lowest BCUT2D eigenvalue weighted by Crippen LogP contribution is -2.30. The van der Waals surface area contributed by atoms with Crippen molar-refractivity contribution in [2.45, 2.75) is 36.0 Å². The molecule has 1 nitrogen and oxygen atoms in total. The molecule has 1 saturated carbocycles. The van der Waals surface area contributed by atoms with E-state index in [2.05, 4.69) is 34.5 Å². The van der Waals surface area contributed by atoms with Gasteiger partial charge in [-0.1, -0.05) is 22.6 Å². The van der Waals surface area contributed by atoms with Crippen LogP contribution in [0.15, 0.2) is 0 Å². The summed E-state index contributed by atoms with van der Waals surface area (Å²) >= 11 is 2.62. The van der Waals surface area contributed by atoms with E-state index in [-0.39, 0.29) is 0 Å². The highest BCUT2D eigenvalue weighted by atomic mass is 127. The first-order chi connectivity index (χ1) is 5.70. The highest BCUT2D eigenvalue weighted by molar-refractivity contribution is 14.1. The molecule has 0 N–H and O–H groups in total. The minimum Gasteiger partial charge on any atom is -0.306 e. The van der Waals surface area contributed by atoms with Crippen LogP contribution in [-0.2, 0) is 0 Å². The molecule has 0 aromatic carbocycles. The zero-order valence-corrected chi connectivity index (χ0v) is 10.0. The van der Waals surface area contributed by atoms with E-state index >= 15 is 0 Å². The van der Waals surface area contributed by atoms with Crippen LogP contribution in [0, 0.1) is 5.41 Å². The molecule has 2 fully saturated rings. The molecule has 1 spiro atoms. The minimum atomic E-state index is 0.746. The van der Waals surface area contributed by atoms with E-state index < -0.39 is 0 Å². The van der Waals surface area contributed by atoms with Crippen LogP contribution in [0.2, 0.25) is 0 Å². The molecule has 0 aromatic heterocycles. The summed E-state index contributed by atoms with van der Waals surface area (Å²) < 4.78 is 0.971. The van der Waals surface area contributed by atoms with Gasteiger partial charge in [0, 0.05) is 10.5 Å². The Morgan fingerprint density at radius 1 is 1.25 bits per heavy atom. The molecule has 2 rings (SSSR count). The number of hydrogen-bond acceptors (Lipinski definition) is 1. The Balaban J connectivity index is 1.95. The van der Waals surface area contributed by atoms with E-state index in [1.165, 1.54) is 45.2 Å². The summed E-state index contributed by atoms with van der Waals surface area (Å²) in [6.07, 6.45) is 7.38. The number of rotatable bonds is 0. The van der Waals surface area contributed by atoms with Crippen LogP contribution in [0.5, 0.6) is 0 Å². The molecule has 0 atom stereocenters. The molecule has 12 heavy (non-hydrogen) atoms. The second-order valence-electron chi connectivity index (χ2n) is 4.66. The third kappa shape index (κ3) is 1.79. The third-order valence-electron chi connectivity index (χ3n) is 3.60. The van der Waals surface area contributed by atoms with Gasteiger partial charge < -0.3 is 4.90 Å². The monoisotopic (exact) mass is 279 g/mol. The van der Waals surface area contributed by atoms with Gasteiger partial charge in [0.25, 0.3) is 0 Å². The molecule has 0 amide bonds. The van der Waals surface area contributed by atoms with Crippen molar-refractivity contribution >= 4 is 22.6 Å². The van der Waals surface area contributed by atoms with Crippen molar-refractivity contribution in [1.82, 2.24) is 4.90 Å². The van der Waals surface area contributed by atoms with Gasteiger partial charge in [-0.15, -0.1) is 0 Å². The van der Waals surface area contributed by atoms with Crippen molar-refractivity contribution in [3.8, 4) is 0 Å². The third-order valence-corrected chi connectivity index (χ3v) is 4.85. The zero-order valence-electron chi connectivity index (χ0n) is 7.85. The van der Waals surface area contributed by atoms with Gasteiger partial charge >= 0.3 is 0 Å². The molecule has 0 aromatic rings. The molecule has 2 heteroatoms. The quantitative estimate of drug-likeness (QED) is 0.487. The van der Waals surface area contributed by atoms with E-state index in [1.54, 1.807) is 0 Å². The van der Waals surface area contributed by atoms with Crippen molar-refractivity contribution in [3.63, 3.8) is 0 Å². The Morgan fingerprint density at radius 2 is 1.92 bits per heavy atom. The molecule has 0 bridgehead atoms. The molecule has 2 aliphatic rings. The highest BCUT2D eigenvalue weighted by Gasteiger charge is 2.38. The van der Waals surface area contributed by atoms with Gasteiger partial charge in [-0.05, 0) is 51.1 Å². The van der Waals surface area contributed by atoms with Crippen molar-refractivity contribution in [2.24, 2.45) is 5.41 Å². The summed E-state index contributed by atoms with van der Waals surface area (Å²) in [5.74, 6) is 0. The van der Waals surface area contributed by atoms with Gasteiger partial charge in [0.05, 0.1) is 0 Å². The van der Waals surface area contributed by atoms with E-state index in [0.717, 1.165) is 9.34 Å². The summed E-state index contributed by atoms with van der Waals surface area (Å²) in [5, 5.41) is 0. The van der Waals surface area contributed by atoms with Crippen LogP contribution in [0.3, 0.4) is 0 Å². The van der Waals surface area contributed by atoms with E-state index in [1.807, 2.05) is 0 Å². The number of halogens is 1. The van der Waals surface area contributed by atoms with Gasteiger partial charge in [-0.3, -0.25) is 0 Å². The summed E-state index contributed by atoms with van der Waals surface area (Å²) in [5.41, 5.74) is 0.746. The first kappa shape index (κ1) is 9.25. The molecule has 70 valence electrons. The number of hydrogen-bond donors (Lipinski definition) is 0. The number of alkyl halides is 1. The van der Waals surface area contributed by atoms with E-state index in [9.17, 15) is 0 Å². The predicted molar refractivity (Wildman–Crippen MR) is 60.8 cm³/mol. The molecule has 1 aliphatic heterocycles. The molecule has 0 radical (unpaired) electrons. The van der Waals surface area contributed by atoms with Crippen LogP contribution < -0.4 is 0 Å². The van der Waals surface area contributed by atoms with E-state index in [4.69, 9.17) is 0 Å². The SMILES string of the molecule is CN1CCC2(CCC(I)CC2)C1. The molecule has 1 saturated heterocycles. The van der Waals surface area contributed by atoms with Crippen molar-refractivity contribution in [1.29, 1.82) is 0 Å². The molecular weight excluding hydrogens is 261 g/mol. The summed E-state index contributed by atoms with van der Waals surface area (Å²) in [6, 6.07) is 0. The van der Waals surface area contributed by atoms with E-state index in [0.29, 0.717) is 0 Å². The Hall–Kier alpha value is 0.690. The lowest BCUT2D eigenvalue weighted by atomic mass is 9.73. The van der Waals surface area contributed by atoms with Crippen LogP contribution in [0.25, 0.3) is 0 Å². The topological polar surface area (TPSA) is 3.24 Å².